The normalized spacial score (nSPS) is 9.64. The number of aromatic nitrogens is 1. The van der Waals surface area contributed by atoms with Crippen LogP contribution in [-0.2, 0) is 0 Å². The first-order valence-corrected chi connectivity index (χ1v) is 4.11. The zero-order chi connectivity index (χ0) is 8.43. The summed E-state index contributed by atoms with van der Waals surface area (Å²) in [5.41, 5.74) is 0.107. The molecule has 0 unspecified atom stereocenters. The van der Waals surface area contributed by atoms with Crippen LogP contribution in [-0.4, -0.2) is 16.1 Å². The largest absolute Gasteiger partial charge is 0.478 e. The lowest BCUT2D eigenvalue weighted by Gasteiger charge is -1.95. The Morgan fingerprint density at radius 3 is 2.82 bits per heavy atom. The van der Waals surface area contributed by atoms with Crippen LogP contribution in [0.2, 0.25) is 5.02 Å². The third-order valence-corrected chi connectivity index (χ3v) is 2.51. The van der Waals surface area contributed by atoms with Gasteiger partial charge in [-0.15, -0.1) is 0 Å². The molecule has 3 nitrogen and oxygen atoms in total. The Bertz CT molecular complexity index is 303. The molecule has 0 aliphatic rings. The number of rotatable bonds is 1. The minimum Gasteiger partial charge on any atom is -0.478 e. The summed E-state index contributed by atoms with van der Waals surface area (Å²) in [4.78, 5) is 14.1. The maximum atomic E-state index is 10.4. The molecule has 1 N–H and O–H groups in total. The van der Waals surface area contributed by atoms with Crippen molar-refractivity contribution < 1.29 is 9.90 Å². The first-order chi connectivity index (χ1) is 5.11. The summed E-state index contributed by atoms with van der Waals surface area (Å²) in [5, 5.41) is 8.87. The summed E-state index contributed by atoms with van der Waals surface area (Å²) in [5.74, 6) is -1.02. The third-order valence-electron chi connectivity index (χ3n) is 1.04. The van der Waals surface area contributed by atoms with Gasteiger partial charge >= 0.3 is 5.97 Å². The number of carboxylic acid groups (broad SMARTS) is 1. The smallest absolute Gasteiger partial charge is 0.337 e. The van der Waals surface area contributed by atoms with Gasteiger partial charge < -0.3 is 5.11 Å². The fourth-order valence-corrected chi connectivity index (χ4v) is 0.999. The van der Waals surface area contributed by atoms with Crippen molar-refractivity contribution in [2.45, 2.75) is 0 Å². The van der Waals surface area contributed by atoms with Gasteiger partial charge in [0.25, 0.3) is 0 Å². The second-order valence-electron chi connectivity index (χ2n) is 1.80. The van der Waals surface area contributed by atoms with Crippen LogP contribution in [0.3, 0.4) is 0 Å². The molecule has 0 atom stereocenters. The highest BCUT2D eigenvalue weighted by Gasteiger charge is 2.05. The van der Waals surface area contributed by atoms with Gasteiger partial charge in [-0.3, -0.25) is 0 Å². The lowest BCUT2D eigenvalue weighted by atomic mass is 10.3. The van der Waals surface area contributed by atoms with Crippen molar-refractivity contribution in [2.24, 2.45) is 0 Å². The molecule has 0 radical (unpaired) electrons. The number of hydrogen-bond donors (Lipinski definition) is 1. The first-order valence-electron chi connectivity index (χ1n) is 2.65. The van der Waals surface area contributed by atoms with Gasteiger partial charge in [-0.1, -0.05) is 11.6 Å². The molecule has 0 aliphatic carbocycles. The van der Waals surface area contributed by atoms with Crippen molar-refractivity contribution in [3.63, 3.8) is 0 Å². The van der Waals surface area contributed by atoms with Gasteiger partial charge in [-0.05, 0) is 28.7 Å². The monoisotopic (exact) mass is 283 g/mol. The van der Waals surface area contributed by atoms with Gasteiger partial charge in [0, 0.05) is 6.20 Å². The van der Waals surface area contributed by atoms with Crippen molar-refractivity contribution in [3.8, 4) is 0 Å². The molecule has 1 aromatic heterocycles. The number of pyridine rings is 1. The molecule has 0 amide bonds. The lowest BCUT2D eigenvalue weighted by molar-refractivity contribution is 0.0696. The van der Waals surface area contributed by atoms with Crippen LogP contribution in [0.4, 0.5) is 0 Å². The SMILES string of the molecule is O=C(O)c1cnc(I)c(Cl)c1. The van der Waals surface area contributed by atoms with E-state index in [9.17, 15) is 4.79 Å². The van der Waals surface area contributed by atoms with Crippen molar-refractivity contribution in [1.29, 1.82) is 0 Å². The number of halogens is 2. The first kappa shape index (κ1) is 8.73. The maximum Gasteiger partial charge on any atom is 0.337 e. The molecule has 1 heterocycles. The number of carboxylic acids is 1. The second kappa shape index (κ2) is 3.36. The Morgan fingerprint density at radius 1 is 1.73 bits per heavy atom. The number of carbonyl (C=O) groups is 1. The van der Waals surface area contributed by atoms with Crippen LogP contribution in [0.1, 0.15) is 10.4 Å². The third kappa shape index (κ3) is 2.03. The Kier molecular flexibility index (Phi) is 2.67. The molecule has 0 spiro atoms. The molecular formula is C6H3ClINO2. The molecule has 0 saturated heterocycles. The molecule has 0 aliphatic heterocycles. The zero-order valence-corrected chi connectivity index (χ0v) is 8.13. The van der Waals surface area contributed by atoms with Gasteiger partial charge in [-0.25, -0.2) is 9.78 Å². The quantitative estimate of drug-likeness (QED) is 0.634. The Balaban J connectivity index is 3.15. The lowest BCUT2D eigenvalue weighted by Crippen LogP contribution is -1.97. The molecule has 0 fully saturated rings. The predicted molar refractivity (Wildman–Crippen MR) is 48.9 cm³/mol. The molecule has 5 heteroatoms. The molecule has 0 saturated carbocycles. The van der Waals surface area contributed by atoms with Crippen LogP contribution in [0.15, 0.2) is 12.3 Å². The molecule has 11 heavy (non-hydrogen) atoms. The summed E-state index contributed by atoms with van der Waals surface area (Å²) in [6.07, 6.45) is 1.27. The maximum absolute atomic E-state index is 10.4. The Hall–Kier alpha value is -0.360. The number of nitrogens with zero attached hydrogens (tertiary/aromatic N) is 1. The molecule has 0 aromatic carbocycles. The van der Waals surface area contributed by atoms with Crippen LogP contribution >= 0.6 is 34.2 Å². The van der Waals surface area contributed by atoms with Gasteiger partial charge in [0.15, 0.2) is 0 Å². The molecule has 1 rings (SSSR count). The Morgan fingerprint density at radius 2 is 2.36 bits per heavy atom. The van der Waals surface area contributed by atoms with Crippen molar-refractivity contribution in [1.82, 2.24) is 4.98 Å². The van der Waals surface area contributed by atoms with Crippen molar-refractivity contribution in [3.05, 3.63) is 26.5 Å². The highest BCUT2D eigenvalue weighted by atomic mass is 127. The average Bonchev–Trinajstić information content (AvgIpc) is 1.94. The van der Waals surface area contributed by atoms with Crippen LogP contribution in [0.25, 0.3) is 0 Å². The minimum absolute atomic E-state index is 0.107. The highest BCUT2D eigenvalue weighted by Crippen LogP contribution is 2.16. The summed E-state index contributed by atoms with van der Waals surface area (Å²) >= 11 is 7.55. The van der Waals surface area contributed by atoms with E-state index in [2.05, 4.69) is 4.98 Å². The van der Waals surface area contributed by atoms with E-state index >= 15 is 0 Å². The number of hydrogen-bond acceptors (Lipinski definition) is 2. The van der Waals surface area contributed by atoms with E-state index < -0.39 is 5.97 Å². The summed E-state index contributed by atoms with van der Waals surface area (Å²) in [6, 6.07) is 1.37. The molecule has 1 aromatic rings. The fourth-order valence-electron chi connectivity index (χ4n) is 0.538. The number of aromatic carboxylic acids is 1. The van der Waals surface area contributed by atoms with Gasteiger partial charge in [0.2, 0.25) is 0 Å². The second-order valence-corrected chi connectivity index (χ2v) is 3.23. The van der Waals surface area contributed by atoms with E-state index in [1.165, 1.54) is 12.3 Å². The zero-order valence-electron chi connectivity index (χ0n) is 5.21. The predicted octanol–water partition coefficient (Wildman–Crippen LogP) is 2.04. The van der Waals surface area contributed by atoms with Gasteiger partial charge in [0.1, 0.15) is 3.70 Å². The summed E-state index contributed by atoms with van der Waals surface area (Å²) < 4.78 is 0.606. The fraction of sp³-hybridized carbons (Fsp3) is 0. The van der Waals surface area contributed by atoms with Crippen molar-refractivity contribution >= 4 is 40.2 Å². The van der Waals surface area contributed by atoms with Crippen LogP contribution in [0, 0.1) is 3.70 Å². The summed E-state index contributed by atoms with van der Waals surface area (Å²) in [7, 11) is 0. The summed E-state index contributed by atoms with van der Waals surface area (Å²) in [6.45, 7) is 0. The molecule has 0 bridgehead atoms. The van der Waals surface area contributed by atoms with Gasteiger partial charge in [0.05, 0.1) is 10.6 Å². The van der Waals surface area contributed by atoms with Crippen LogP contribution in [0.5, 0.6) is 0 Å². The van der Waals surface area contributed by atoms with E-state index in [4.69, 9.17) is 16.7 Å². The van der Waals surface area contributed by atoms with E-state index in [1.54, 1.807) is 0 Å². The van der Waals surface area contributed by atoms with Gasteiger partial charge in [-0.2, -0.15) is 0 Å². The molecule has 58 valence electrons. The highest BCUT2D eigenvalue weighted by molar-refractivity contribution is 14.1. The minimum atomic E-state index is -1.02. The van der Waals surface area contributed by atoms with E-state index in [-0.39, 0.29) is 5.56 Å². The topological polar surface area (TPSA) is 50.2 Å². The van der Waals surface area contributed by atoms with E-state index in [0.29, 0.717) is 8.72 Å². The van der Waals surface area contributed by atoms with Crippen molar-refractivity contribution in [2.75, 3.05) is 0 Å². The Labute approximate surface area is 81.5 Å². The van der Waals surface area contributed by atoms with E-state index in [0.717, 1.165) is 0 Å². The average molecular weight is 283 g/mol. The van der Waals surface area contributed by atoms with E-state index in [1.807, 2.05) is 22.6 Å². The van der Waals surface area contributed by atoms with Crippen LogP contribution < -0.4 is 0 Å². The standard InChI is InChI=1S/C6H3ClINO2/c7-4-1-3(6(10)11)2-9-5(4)8/h1-2H,(H,10,11). The molecular weight excluding hydrogens is 280 g/mol.